The van der Waals surface area contributed by atoms with Crippen molar-refractivity contribution in [1.29, 1.82) is 0 Å². The van der Waals surface area contributed by atoms with Crippen molar-refractivity contribution in [3.8, 4) is 11.5 Å². The number of fused-ring (bicyclic) bond motifs is 1. The molecule has 0 saturated carbocycles. The molecule has 0 atom stereocenters. The van der Waals surface area contributed by atoms with E-state index in [0.29, 0.717) is 5.56 Å². The second kappa shape index (κ2) is 18.1. The summed E-state index contributed by atoms with van der Waals surface area (Å²) in [6, 6.07) is 3.78. The molecule has 4 heteroatoms. The summed E-state index contributed by atoms with van der Waals surface area (Å²) in [5.74, 6) is 0.712. The monoisotopic (exact) mass is 456 g/mol. The Bertz CT molecular complexity index is 573. The highest BCUT2D eigenvalue weighted by molar-refractivity contribution is 5.54. The summed E-state index contributed by atoms with van der Waals surface area (Å²) in [6.45, 7) is 14.6. The standard InChI is InChI=1S/C17H24F2O2.C9H20.C2H6/c1-4-6-8-13(9-7-5-2)14-11-10-12(3)15-16(14)21-17(18,19)20-15;1-3-5-7-9-8-6-4-2;1-2/h10-11,13H,4-9H2,1-3H3;3-9H2,1-2H3;1-2H3. The first-order valence-corrected chi connectivity index (χ1v) is 13.3. The van der Waals surface area contributed by atoms with Crippen molar-refractivity contribution in [3.63, 3.8) is 0 Å². The van der Waals surface area contributed by atoms with E-state index in [0.717, 1.165) is 44.1 Å². The van der Waals surface area contributed by atoms with Crippen LogP contribution in [0.4, 0.5) is 8.78 Å². The fraction of sp³-hybridized carbons (Fsp3) is 0.786. The lowest BCUT2D eigenvalue weighted by molar-refractivity contribution is -0.287. The molecule has 0 bridgehead atoms. The molecule has 188 valence electrons. The highest BCUT2D eigenvalue weighted by Crippen LogP contribution is 2.49. The summed E-state index contributed by atoms with van der Waals surface area (Å²) in [5, 5.41) is 0. The first-order chi connectivity index (χ1) is 15.4. The highest BCUT2D eigenvalue weighted by Gasteiger charge is 2.45. The predicted molar refractivity (Wildman–Crippen MR) is 134 cm³/mol. The SMILES string of the molecule is CC.CCCCC(CCCC)c1ccc(C)c2c1OC(F)(F)O2.CCCCCCCCC. The molecule has 2 nitrogen and oxygen atoms in total. The zero-order valence-corrected chi connectivity index (χ0v) is 22.0. The predicted octanol–water partition coefficient (Wildman–Crippen LogP) is 10.6. The molecule has 1 heterocycles. The number of hydrogen-bond acceptors (Lipinski definition) is 2. The highest BCUT2D eigenvalue weighted by atomic mass is 19.3. The molecule has 0 N–H and O–H groups in total. The Hall–Kier alpha value is -1.32. The zero-order valence-electron chi connectivity index (χ0n) is 22.0. The Labute approximate surface area is 197 Å². The Morgan fingerprint density at radius 1 is 0.688 bits per heavy atom. The Balaban J connectivity index is 0.000000738. The van der Waals surface area contributed by atoms with E-state index < -0.39 is 6.29 Å². The third-order valence-electron chi connectivity index (χ3n) is 5.74. The molecule has 0 radical (unpaired) electrons. The maximum Gasteiger partial charge on any atom is 0.586 e. The smallest absolute Gasteiger partial charge is 0.395 e. The van der Waals surface area contributed by atoms with Crippen LogP contribution >= 0.6 is 0 Å². The number of ether oxygens (including phenoxy) is 2. The Morgan fingerprint density at radius 3 is 1.59 bits per heavy atom. The van der Waals surface area contributed by atoms with E-state index >= 15 is 0 Å². The molecular weight excluding hydrogens is 406 g/mol. The number of alkyl halides is 2. The van der Waals surface area contributed by atoms with Crippen LogP contribution < -0.4 is 9.47 Å². The van der Waals surface area contributed by atoms with Crippen molar-refractivity contribution in [1.82, 2.24) is 0 Å². The van der Waals surface area contributed by atoms with Gasteiger partial charge in [-0.15, -0.1) is 8.78 Å². The van der Waals surface area contributed by atoms with Gasteiger partial charge in [-0.1, -0.05) is 124 Å². The van der Waals surface area contributed by atoms with E-state index in [2.05, 4.69) is 32.4 Å². The number of hydrogen-bond donors (Lipinski definition) is 0. The van der Waals surface area contributed by atoms with Gasteiger partial charge < -0.3 is 9.47 Å². The van der Waals surface area contributed by atoms with E-state index in [1.807, 2.05) is 26.0 Å². The second-order valence-electron chi connectivity index (χ2n) is 8.55. The van der Waals surface area contributed by atoms with E-state index in [-0.39, 0.29) is 17.4 Å². The van der Waals surface area contributed by atoms with E-state index in [4.69, 9.17) is 4.74 Å². The lowest BCUT2D eigenvalue weighted by Gasteiger charge is -2.19. The van der Waals surface area contributed by atoms with E-state index in [9.17, 15) is 8.78 Å². The minimum Gasteiger partial charge on any atom is -0.395 e. The van der Waals surface area contributed by atoms with Crippen LogP contribution in [0.2, 0.25) is 0 Å². The first kappa shape index (κ1) is 30.7. The van der Waals surface area contributed by atoms with Gasteiger partial charge in [-0.3, -0.25) is 0 Å². The summed E-state index contributed by atoms with van der Waals surface area (Å²) in [7, 11) is 0. The molecular formula is C28H50F2O2. The fourth-order valence-electron chi connectivity index (χ4n) is 3.88. The summed E-state index contributed by atoms with van der Waals surface area (Å²) >= 11 is 0. The fourth-order valence-corrected chi connectivity index (χ4v) is 3.88. The lowest BCUT2D eigenvalue weighted by Crippen LogP contribution is -2.26. The molecule has 2 rings (SSSR count). The normalized spacial score (nSPS) is 13.3. The minimum atomic E-state index is -3.54. The largest absolute Gasteiger partial charge is 0.586 e. The topological polar surface area (TPSA) is 18.5 Å². The van der Waals surface area contributed by atoms with Crippen molar-refractivity contribution >= 4 is 0 Å². The van der Waals surface area contributed by atoms with Gasteiger partial charge in [0.2, 0.25) is 0 Å². The summed E-state index contributed by atoms with van der Waals surface area (Å²) in [5.41, 5.74) is 1.56. The zero-order chi connectivity index (χ0) is 24.4. The van der Waals surface area contributed by atoms with E-state index in [1.165, 1.54) is 44.9 Å². The molecule has 0 fully saturated rings. The van der Waals surface area contributed by atoms with E-state index in [1.54, 1.807) is 6.92 Å². The van der Waals surface area contributed by atoms with Gasteiger partial charge in [0.25, 0.3) is 0 Å². The van der Waals surface area contributed by atoms with Crippen LogP contribution in [-0.4, -0.2) is 6.29 Å². The van der Waals surface area contributed by atoms with Gasteiger partial charge in [-0.2, -0.15) is 0 Å². The van der Waals surface area contributed by atoms with Gasteiger partial charge in [-0.25, -0.2) is 0 Å². The molecule has 1 aliphatic heterocycles. The van der Waals surface area contributed by atoms with Crippen LogP contribution in [0.5, 0.6) is 11.5 Å². The van der Waals surface area contributed by atoms with Crippen molar-refractivity contribution in [2.24, 2.45) is 0 Å². The van der Waals surface area contributed by atoms with Gasteiger partial charge in [0, 0.05) is 5.56 Å². The average molecular weight is 457 g/mol. The van der Waals surface area contributed by atoms with Gasteiger partial charge in [0.05, 0.1) is 0 Å². The Kier molecular flexibility index (Phi) is 17.4. The lowest BCUT2D eigenvalue weighted by atomic mass is 9.87. The number of rotatable bonds is 13. The van der Waals surface area contributed by atoms with Crippen LogP contribution in [0.1, 0.15) is 142 Å². The van der Waals surface area contributed by atoms with Crippen molar-refractivity contribution < 1.29 is 18.3 Å². The molecule has 0 aliphatic carbocycles. The molecule has 1 aromatic rings. The number of unbranched alkanes of at least 4 members (excludes halogenated alkanes) is 8. The van der Waals surface area contributed by atoms with Crippen LogP contribution in [-0.2, 0) is 0 Å². The third-order valence-corrected chi connectivity index (χ3v) is 5.74. The van der Waals surface area contributed by atoms with Gasteiger partial charge >= 0.3 is 6.29 Å². The average Bonchev–Trinajstić information content (AvgIpc) is 3.12. The third kappa shape index (κ3) is 11.5. The maximum absolute atomic E-state index is 13.4. The Morgan fingerprint density at radius 2 is 1.12 bits per heavy atom. The summed E-state index contributed by atoms with van der Waals surface area (Å²) < 4.78 is 36.3. The van der Waals surface area contributed by atoms with Crippen LogP contribution in [0.3, 0.4) is 0 Å². The molecule has 1 aromatic carbocycles. The van der Waals surface area contributed by atoms with Gasteiger partial charge in [0.15, 0.2) is 11.5 Å². The molecule has 0 spiro atoms. The minimum absolute atomic E-state index is 0.204. The first-order valence-electron chi connectivity index (χ1n) is 13.3. The molecule has 1 aliphatic rings. The molecule has 0 aromatic heterocycles. The number of aryl methyl sites for hydroxylation is 1. The molecule has 32 heavy (non-hydrogen) atoms. The molecule has 0 saturated heterocycles. The van der Waals surface area contributed by atoms with Crippen LogP contribution in [0, 0.1) is 6.92 Å². The number of benzene rings is 1. The maximum atomic E-state index is 13.4. The second-order valence-corrected chi connectivity index (χ2v) is 8.55. The molecule has 0 unspecified atom stereocenters. The van der Waals surface area contributed by atoms with Crippen molar-refractivity contribution in [2.45, 2.75) is 144 Å². The van der Waals surface area contributed by atoms with Crippen LogP contribution in [0.25, 0.3) is 0 Å². The van der Waals surface area contributed by atoms with Crippen molar-refractivity contribution in [3.05, 3.63) is 23.3 Å². The molecule has 0 amide bonds. The van der Waals surface area contributed by atoms with Crippen LogP contribution in [0.15, 0.2) is 12.1 Å². The quantitative estimate of drug-likeness (QED) is 0.275. The van der Waals surface area contributed by atoms with Gasteiger partial charge in [0.1, 0.15) is 0 Å². The summed E-state index contributed by atoms with van der Waals surface area (Å²) in [6.07, 6.45) is 12.8. The number of halogens is 2. The van der Waals surface area contributed by atoms with Crippen molar-refractivity contribution in [2.75, 3.05) is 0 Å². The summed E-state index contributed by atoms with van der Waals surface area (Å²) in [4.78, 5) is 0. The van der Waals surface area contributed by atoms with Gasteiger partial charge in [-0.05, 0) is 31.2 Å².